The van der Waals surface area contributed by atoms with E-state index >= 15 is 0 Å². The molecule has 21 heavy (non-hydrogen) atoms. The van der Waals surface area contributed by atoms with Gasteiger partial charge in [0.25, 0.3) is 0 Å². The standard InChI is InChI=1S/C14H24N2O5/c1-10-7-15(8-11(9-17)21-10)13(20)16-6-4-3-5-14(16,2)12(18)19/h10-11,17H,3-9H2,1-2H3,(H,18,19). The van der Waals surface area contributed by atoms with E-state index in [1.165, 1.54) is 4.90 Å². The normalized spacial score (nSPS) is 33.9. The second-order valence-corrected chi connectivity index (χ2v) is 6.13. The SMILES string of the molecule is CC1CN(C(=O)N2CCCCC2(C)C(=O)O)CC(CO)O1. The summed E-state index contributed by atoms with van der Waals surface area (Å²) in [6, 6.07) is -0.270. The van der Waals surface area contributed by atoms with Gasteiger partial charge in [-0.2, -0.15) is 0 Å². The van der Waals surface area contributed by atoms with E-state index in [1.807, 2.05) is 6.92 Å². The quantitative estimate of drug-likeness (QED) is 0.776. The van der Waals surface area contributed by atoms with Crippen LogP contribution in [0.5, 0.6) is 0 Å². The number of urea groups is 1. The molecule has 0 spiro atoms. The third-order valence-corrected chi connectivity index (χ3v) is 4.38. The third-order valence-electron chi connectivity index (χ3n) is 4.38. The largest absolute Gasteiger partial charge is 0.480 e. The van der Waals surface area contributed by atoms with Crippen LogP contribution < -0.4 is 0 Å². The molecule has 0 radical (unpaired) electrons. The summed E-state index contributed by atoms with van der Waals surface area (Å²) in [6.45, 7) is 4.48. The van der Waals surface area contributed by atoms with E-state index in [-0.39, 0.29) is 18.7 Å². The number of carboxylic acid groups (broad SMARTS) is 1. The molecule has 7 heteroatoms. The Hall–Kier alpha value is -1.34. The molecule has 0 aromatic rings. The zero-order valence-corrected chi connectivity index (χ0v) is 12.6. The van der Waals surface area contributed by atoms with Gasteiger partial charge >= 0.3 is 12.0 Å². The van der Waals surface area contributed by atoms with Crippen molar-refractivity contribution >= 4 is 12.0 Å². The first-order chi connectivity index (χ1) is 9.88. The minimum Gasteiger partial charge on any atom is -0.480 e. The number of hydrogen-bond donors (Lipinski definition) is 2. The number of aliphatic hydroxyl groups excluding tert-OH is 1. The van der Waals surface area contributed by atoms with E-state index in [0.29, 0.717) is 26.1 Å². The number of amides is 2. The summed E-state index contributed by atoms with van der Waals surface area (Å²) in [6.07, 6.45) is 1.53. The van der Waals surface area contributed by atoms with Gasteiger partial charge in [0.1, 0.15) is 5.54 Å². The number of carboxylic acids is 1. The maximum atomic E-state index is 12.7. The number of ether oxygens (including phenoxy) is 1. The average molecular weight is 300 g/mol. The predicted molar refractivity (Wildman–Crippen MR) is 75.0 cm³/mol. The molecule has 2 fully saturated rings. The van der Waals surface area contributed by atoms with Crippen molar-refractivity contribution in [1.29, 1.82) is 0 Å². The van der Waals surface area contributed by atoms with Gasteiger partial charge in [-0.3, -0.25) is 0 Å². The topological polar surface area (TPSA) is 90.3 Å². The summed E-state index contributed by atoms with van der Waals surface area (Å²) in [7, 11) is 0. The number of carbonyl (C=O) groups excluding carboxylic acids is 1. The third kappa shape index (κ3) is 3.13. The van der Waals surface area contributed by atoms with Crippen molar-refractivity contribution in [2.45, 2.75) is 50.9 Å². The molecule has 0 aliphatic carbocycles. The van der Waals surface area contributed by atoms with Gasteiger partial charge in [0.2, 0.25) is 0 Å². The first kappa shape index (κ1) is 16.0. The number of nitrogens with zero attached hydrogens (tertiary/aromatic N) is 2. The Morgan fingerprint density at radius 3 is 2.67 bits per heavy atom. The van der Waals surface area contributed by atoms with Crippen molar-refractivity contribution in [2.75, 3.05) is 26.2 Å². The first-order valence-corrected chi connectivity index (χ1v) is 7.44. The van der Waals surface area contributed by atoms with E-state index in [0.717, 1.165) is 12.8 Å². The highest BCUT2D eigenvalue weighted by molar-refractivity contribution is 5.86. The molecule has 3 atom stereocenters. The zero-order chi connectivity index (χ0) is 15.6. The van der Waals surface area contributed by atoms with Gasteiger partial charge in [0.15, 0.2) is 0 Å². The number of aliphatic carboxylic acids is 1. The van der Waals surface area contributed by atoms with Crippen molar-refractivity contribution in [3.8, 4) is 0 Å². The molecule has 0 aromatic heterocycles. The number of hydrogen-bond acceptors (Lipinski definition) is 4. The highest BCUT2D eigenvalue weighted by Gasteiger charge is 2.46. The van der Waals surface area contributed by atoms with Crippen LogP contribution in [0.3, 0.4) is 0 Å². The van der Waals surface area contributed by atoms with Crippen LogP contribution in [-0.2, 0) is 9.53 Å². The molecular weight excluding hydrogens is 276 g/mol. The van der Waals surface area contributed by atoms with Gasteiger partial charge in [0.05, 0.1) is 25.4 Å². The fraction of sp³-hybridized carbons (Fsp3) is 0.857. The molecule has 3 unspecified atom stereocenters. The number of carbonyl (C=O) groups is 2. The fourth-order valence-corrected chi connectivity index (χ4v) is 3.12. The second kappa shape index (κ2) is 6.19. The molecule has 2 aliphatic heterocycles. The summed E-state index contributed by atoms with van der Waals surface area (Å²) in [5.74, 6) is -0.962. The number of aliphatic hydroxyl groups is 1. The van der Waals surface area contributed by atoms with Crippen molar-refractivity contribution in [3.63, 3.8) is 0 Å². The molecule has 0 bridgehead atoms. The van der Waals surface area contributed by atoms with Crippen LogP contribution in [0.15, 0.2) is 0 Å². The van der Waals surface area contributed by atoms with E-state index in [1.54, 1.807) is 11.8 Å². The lowest BCUT2D eigenvalue weighted by molar-refractivity contribution is -0.151. The van der Waals surface area contributed by atoms with Crippen LogP contribution in [-0.4, -0.2) is 76.0 Å². The highest BCUT2D eigenvalue weighted by Crippen LogP contribution is 2.30. The summed E-state index contributed by atoms with van der Waals surface area (Å²) < 4.78 is 5.52. The summed E-state index contributed by atoms with van der Waals surface area (Å²) in [5.41, 5.74) is -1.15. The van der Waals surface area contributed by atoms with Crippen molar-refractivity contribution in [2.24, 2.45) is 0 Å². The Morgan fingerprint density at radius 2 is 2.05 bits per heavy atom. The predicted octanol–water partition coefficient (Wildman–Crippen LogP) is 0.517. The van der Waals surface area contributed by atoms with Gasteiger partial charge in [-0.15, -0.1) is 0 Å². The van der Waals surface area contributed by atoms with E-state index < -0.39 is 17.6 Å². The van der Waals surface area contributed by atoms with E-state index in [2.05, 4.69) is 0 Å². The molecule has 7 nitrogen and oxygen atoms in total. The average Bonchev–Trinajstić information content (AvgIpc) is 2.46. The molecule has 2 rings (SSSR count). The van der Waals surface area contributed by atoms with E-state index in [4.69, 9.17) is 4.74 Å². The summed E-state index contributed by atoms with van der Waals surface area (Å²) in [4.78, 5) is 27.4. The summed E-state index contributed by atoms with van der Waals surface area (Å²) in [5, 5.41) is 18.7. The minimum atomic E-state index is -1.15. The smallest absolute Gasteiger partial charge is 0.329 e. The highest BCUT2D eigenvalue weighted by atomic mass is 16.5. The van der Waals surface area contributed by atoms with E-state index in [9.17, 15) is 19.8 Å². The van der Waals surface area contributed by atoms with Gasteiger partial charge in [-0.25, -0.2) is 9.59 Å². The number of likely N-dealkylation sites (tertiary alicyclic amines) is 1. The van der Waals surface area contributed by atoms with Crippen molar-refractivity contribution in [1.82, 2.24) is 9.80 Å². The molecule has 2 N–H and O–H groups in total. The number of morpholine rings is 1. The molecule has 2 amide bonds. The lowest BCUT2D eigenvalue weighted by Gasteiger charge is -2.46. The minimum absolute atomic E-state index is 0.148. The lowest BCUT2D eigenvalue weighted by atomic mass is 9.88. The Bertz CT molecular complexity index is 416. The van der Waals surface area contributed by atoms with Crippen LogP contribution in [0.2, 0.25) is 0 Å². The van der Waals surface area contributed by atoms with Crippen LogP contribution in [0.4, 0.5) is 4.79 Å². The summed E-state index contributed by atoms with van der Waals surface area (Å²) >= 11 is 0. The molecule has 2 saturated heterocycles. The van der Waals surface area contributed by atoms with Crippen LogP contribution in [0, 0.1) is 0 Å². The first-order valence-electron chi connectivity index (χ1n) is 7.44. The fourth-order valence-electron chi connectivity index (χ4n) is 3.12. The van der Waals surface area contributed by atoms with Crippen molar-refractivity contribution < 1.29 is 24.5 Å². The van der Waals surface area contributed by atoms with Crippen LogP contribution in [0.1, 0.15) is 33.1 Å². The van der Waals surface area contributed by atoms with Gasteiger partial charge in [0, 0.05) is 13.1 Å². The van der Waals surface area contributed by atoms with Crippen molar-refractivity contribution in [3.05, 3.63) is 0 Å². The lowest BCUT2D eigenvalue weighted by Crippen LogP contribution is -2.63. The molecule has 0 aromatic carbocycles. The monoisotopic (exact) mass is 300 g/mol. The Morgan fingerprint density at radius 1 is 1.33 bits per heavy atom. The number of piperidine rings is 1. The Labute approximate surface area is 124 Å². The Kier molecular flexibility index (Phi) is 4.73. The molecule has 2 aliphatic rings. The second-order valence-electron chi connectivity index (χ2n) is 6.13. The zero-order valence-electron chi connectivity index (χ0n) is 12.6. The molecular formula is C14H24N2O5. The van der Waals surface area contributed by atoms with Gasteiger partial charge in [-0.05, 0) is 33.1 Å². The molecule has 0 saturated carbocycles. The van der Waals surface area contributed by atoms with Crippen LogP contribution >= 0.6 is 0 Å². The Balaban J connectivity index is 2.15. The molecule has 2 heterocycles. The van der Waals surface area contributed by atoms with Gasteiger partial charge in [-0.1, -0.05) is 0 Å². The molecule has 120 valence electrons. The maximum Gasteiger partial charge on any atom is 0.329 e. The number of rotatable bonds is 2. The van der Waals surface area contributed by atoms with Crippen LogP contribution in [0.25, 0.3) is 0 Å². The van der Waals surface area contributed by atoms with Gasteiger partial charge < -0.3 is 24.7 Å². The maximum absolute atomic E-state index is 12.7.